The fraction of sp³-hybridized carbons (Fsp3) is 0. The predicted molar refractivity (Wildman–Crippen MR) is 152 cm³/mol. The van der Waals surface area contributed by atoms with Gasteiger partial charge in [-0.1, -0.05) is 108 Å². The first-order chi connectivity index (χ1) is 20.0. The van der Waals surface area contributed by atoms with E-state index in [2.05, 4.69) is 72.8 Å². The summed E-state index contributed by atoms with van der Waals surface area (Å²) in [6.07, 6.45) is 0. The van der Waals surface area contributed by atoms with E-state index in [1.54, 1.807) is 0 Å². The van der Waals surface area contributed by atoms with Crippen LogP contribution in [0.3, 0.4) is 0 Å². The van der Waals surface area contributed by atoms with Gasteiger partial charge in [-0.05, 0) is 55.7 Å². The summed E-state index contributed by atoms with van der Waals surface area (Å²) in [5.41, 5.74) is 8.28. The zero-order chi connectivity index (χ0) is 27.7. The molecule has 2 aliphatic heterocycles. The van der Waals surface area contributed by atoms with Crippen LogP contribution in [0, 0.1) is 0 Å². The molecule has 6 aromatic carbocycles. The third-order valence-corrected chi connectivity index (χ3v) is 7.90. The van der Waals surface area contributed by atoms with Crippen molar-refractivity contribution in [2.75, 3.05) is 0 Å². The molecule has 7 aromatic rings. The van der Waals surface area contributed by atoms with Crippen molar-refractivity contribution >= 4 is 55.5 Å². The monoisotopic (exact) mass is 459 g/mol. The van der Waals surface area contributed by atoms with Crippen molar-refractivity contribution < 1.29 is 6.85 Å². The molecular weight excluding hydrogens is 435 g/mol. The molecule has 0 radical (unpaired) electrons. The molecule has 3 heterocycles. The van der Waals surface area contributed by atoms with Gasteiger partial charge in [0.05, 0.1) is 18.1 Å². The number of fused-ring (bicyclic) bond motifs is 6. The second-order valence-corrected chi connectivity index (χ2v) is 9.59. The number of nitrogens with zero attached hydrogens (tertiary/aromatic N) is 2. The highest BCUT2D eigenvalue weighted by molar-refractivity contribution is 7.00. The molecule has 0 amide bonds. The van der Waals surface area contributed by atoms with Crippen LogP contribution in [0.25, 0.3) is 60.5 Å². The molecule has 0 atom stereocenters. The molecule has 0 saturated carbocycles. The van der Waals surface area contributed by atoms with E-state index >= 15 is 0 Å². The summed E-state index contributed by atoms with van der Waals surface area (Å²) in [5.74, 6) is 0. The Kier molecular flexibility index (Phi) is 2.66. The quantitative estimate of drug-likeness (QED) is 0.224. The molecule has 0 spiro atoms. The molecule has 1 aromatic heterocycles. The van der Waals surface area contributed by atoms with Crippen LogP contribution in [0.5, 0.6) is 0 Å². The van der Waals surface area contributed by atoms with E-state index in [0.29, 0.717) is 5.69 Å². The number of hydrogen-bond donors (Lipinski definition) is 0. The van der Waals surface area contributed by atoms with Gasteiger partial charge in [0.2, 0.25) is 6.71 Å². The van der Waals surface area contributed by atoms with E-state index in [1.807, 2.05) is 16.8 Å². The zero-order valence-corrected chi connectivity index (χ0v) is 19.1. The smallest absolute Gasteiger partial charge is 0.233 e. The maximum absolute atomic E-state index is 8.66. The van der Waals surface area contributed by atoms with Crippen LogP contribution in [0.15, 0.2) is 115 Å². The highest BCUT2D eigenvalue weighted by Crippen LogP contribution is 2.39. The van der Waals surface area contributed by atoms with Crippen molar-refractivity contribution in [3.8, 4) is 28.1 Å². The molecule has 2 aliphatic rings. The molecule has 0 bridgehead atoms. The Hall–Kier alpha value is -4.63. The number of benzene rings is 6. The van der Waals surface area contributed by atoms with E-state index in [1.165, 1.54) is 43.6 Å². The van der Waals surface area contributed by atoms with Gasteiger partial charge in [0.15, 0.2) is 0 Å². The summed E-state index contributed by atoms with van der Waals surface area (Å²) < 4.78 is 43.9. The van der Waals surface area contributed by atoms with Gasteiger partial charge in [0, 0.05) is 10.9 Å². The third kappa shape index (κ3) is 2.17. The van der Waals surface area contributed by atoms with Gasteiger partial charge in [0.25, 0.3) is 0 Å². The summed E-state index contributed by atoms with van der Waals surface area (Å²) in [7, 11) is 0. The van der Waals surface area contributed by atoms with E-state index in [-0.39, 0.29) is 36.4 Å². The third-order valence-electron chi connectivity index (χ3n) is 7.90. The summed E-state index contributed by atoms with van der Waals surface area (Å²) in [6.45, 7) is -0.0284. The molecule has 9 rings (SSSR count). The summed E-state index contributed by atoms with van der Waals surface area (Å²) in [5, 5.41) is 10.7. The molecule has 0 fully saturated rings. The van der Waals surface area contributed by atoms with Crippen LogP contribution in [0.2, 0.25) is 0 Å². The first-order valence-corrected chi connectivity index (χ1v) is 12.1. The minimum absolute atomic E-state index is 0.0284. The van der Waals surface area contributed by atoms with Crippen molar-refractivity contribution in [1.82, 2.24) is 9.78 Å². The van der Waals surface area contributed by atoms with Crippen molar-refractivity contribution in [3.63, 3.8) is 0 Å². The minimum atomic E-state index is -0.406. The van der Waals surface area contributed by atoms with Gasteiger partial charge in [-0.15, -0.1) is 0 Å². The highest BCUT2D eigenvalue weighted by atomic mass is 15.3. The fourth-order valence-electron chi connectivity index (χ4n) is 6.55. The van der Waals surface area contributed by atoms with Crippen LogP contribution in [-0.4, -0.2) is 16.5 Å². The Morgan fingerprint density at radius 3 is 2.39 bits per heavy atom. The SMILES string of the molecule is [2H]c1c([2H])c([2H])c(-c2nn3c4c(cccc24)B2c4c(cccc4-3)-c3cc4ccccc4c4cccc2c34)c([2H])c1[2H]. The topological polar surface area (TPSA) is 17.8 Å². The van der Waals surface area contributed by atoms with Crippen LogP contribution < -0.4 is 16.4 Å². The van der Waals surface area contributed by atoms with Crippen LogP contribution in [-0.2, 0) is 0 Å². The minimum Gasteiger partial charge on any atom is -0.233 e. The van der Waals surface area contributed by atoms with E-state index < -0.39 is 6.04 Å². The van der Waals surface area contributed by atoms with Crippen LogP contribution >= 0.6 is 0 Å². The highest BCUT2D eigenvalue weighted by Gasteiger charge is 2.39. The maximum Gasteiger partial charge on any atom is 0.248 e. The molecule has 36 heavy (non-hydrogen) atoms. The number of rotatable bonds is 1. The summed E-state index contributed by atoms with van der Waals surface area (Å²) in [6, 6.07) is 28.2. The average molecular weight is 459 g/mol. The van der Waals surface area contributed by atoms with Crippen molar-refractivity contribution in [1.29, 1.82) is 0 Å². The van der Waals surface area contributed by atoms with Crippen LogP contribution in [0.4, 0.5) is 0 Å². The Labute approximate surface area is 215 Å². The molecule has 2 nitrogen and oxygen atoms in total. The van der Waals surface area contributed by atoms with Crippen molar-refractivity contribution in [2.45, 2.75) is 0 Å². The predicted octanol–water partition coefficient (Wildman–Crippen LogP) is 5.81. The molecule has 0 N–H and O–H groups in total. The van der Waals surface area contributed by atoms with Gasteiger partial charge >= 0.3 is 0 Å². The molecule has 164 valence electrons. The van der Waals surface area contributed by atoms with Crippen molar-refractivity contribution in [2.24, 2.45) is 0 Å². The Morgan fingerprint density at radius 2 is 1.47 bits per heavy atom. The van der Waals surface area contributed by atoms with Gasteiger partial charge < -0.3 is 0 Å². The Morgan fingerprint density at radius 1 is 0.694 bits per heavy atom. The fourth-order valence-corrected chi connectivity index (χ4v) is 6.55. The number of para-hydroxylation sites is 1. The van der Waals surface area contributed by atoms with Gasteiger partial charge in [-0.2, -0.15) is 5.10 Å². The number of hydrogen-bond acceptors (Lipinski definition) is 1. The lowest BCUT2D eigenvalue weighted by molar-refractivity contribution is 0.919. The Bertz CT molecular complexity index is 2310. The van der Waals surface area contributed by atoms with E-state index in [0.717, 1.165) is 22.1 Å². The first-order valence-electron chi connectivity index (χ1n) is 14.6. The summed E-state index contributed by atoms with van der Waals surface area (Å²) in [4.78, 5) is 0. The number of aromatic nitrogens is 2. The second-order valence-electron chi connectivity index (χ2n) is 9.59. The maximum atomic E-state index is 8.66. The Balaban J connectivity index is 1.44. The van der Waals surface area contributed by atoms with Gasteiger partial charge in [0.1, 0.15) is 5.69 Å². The van der Waals surface area contributed by atoms with Crippen molar-refractivity contribution in [3.05, 3.63) is 115 Å². The zero-order valence-electron chi connectivity index (χ0n) is 24.1. The van der Waals surface area contributed by atoms with Crippen LogP contribution in [0.1, 0.15) is 6.85 Å². The largest absolute Gasteiger partial charge is 0.248 e. The van der Waals surface area contributed by atoms with E-state index in [4.69, 9.17) is 12.0 Å². The molecule has 3 heteroatoms. The summed E-state index contributed by atoms with van der Waals surface area (Å²) >= 11 is 0. The average Bonchev–Trinajstić information content (AvgIpc) is 3.39. The molecule has 0 saturated heterocycles. The molecule has 0 aliphatic carbocycles. The molecular formula is C33H19BN2. The second kappa shape index (κ2) is 6.53. The normalized spacial score (nSPS) is 14.9. The van der Waals surface area contributed by atoms with Gasteiger partial charge in [-0.25, -0.2) is 4.68 Å². The standard InChI is InChI=1S/C33H19BN2/c1-2-9-20(10-3-1)32-25-15-7-17-28-33(25)36(35-32)29-18-8-14-24-26-19-21-11-4-5-12-22(21)23-13-6-16-27(30(23)26)34(28)31(24)29/h1-19H/i1D,2D,3D,9D,10D. The van der Waals surface area contributed by atoms with E-state index in [9.17, 15) is 0 Å². The lowest BCUT2D eigenvalue weighted by atomic mass is 9.32. The lowest BCUT2D eigenvalue weighted by Gasteiger charge is -2.33. The lowest BCUT2D eigenvalue weighted by Crippen LogP contribution is -2.58. The molecule has 0 unspecified atom stereocenters. The first kappa shape index (κ1) is 14.7. The van der Waals surface area contributed by atoms with Gasteiger partial charge in [-0.3, -0.25) is 0 Å².